The molecule has 0 fully saturated rings. The van der Waals surface area contributed by atoms with E-state index in [1.165, 1.54) is 18.2 Å². The maximum absolute atomic E-state index is 12.0. The fourth-order valence-electron chi connectivity index (χ4n) is 1.57. The van der Waals surface area contributed by atoms with Crippen LogP contribution in [0.25, 0.3) is 0 Å². The van der Waals surface area contributed by atoms with Crippen LogP contribution >= 0.6 is 34.2 Å². The van der Waals surface area contributed by atoms with E-state index in [9.17, 15) is 14.9 Å². The van der Waals surface area contributed by atoms with Gasteiger partial charge in [-0.3, -0.25) is 14.9 Å². The number of nitro benzene ring substituents is 1. The van der Waals surface area contributed by atoms with Crippen molar-refractivity contribution >= 4 is 51.5 Å². The molecule has 20 heavy (non-hydrogen) atoms. The van der Waals surface area contributed by atoms with Crippen LogP contribution in [0, 0.1) is 13.7 Å². The van der Waals surface area contributed by atoms with Crippen molar-refractivity contribution in [2.75, 3.05) is 5.32 Å². The Morgan fingerprint density at radius 1 is 1.25 bits per heavy atom. The number of carbonyl (C=O) groups excluding carboxylic acids is 1. The second kappa shape index (κ2) is 6.19. The summed E-state index contributed by atoms with van der Waals surface area (Å²) in [6.45, 7) is 0. The highest BCUT2D eigenvalue weighted by atomic mass is 127. The van der Waals surface area contributed by atoms with E-state index >= 15 is 0 Å². The molecule has 0 radical (unpaired) electrons. The van der Waals surface area contributed by atoms with Crippen LogP contribution in [0.3, 0.4) is 0 Å². The molecule has 0 aliphatic carbocycles. The fraction of sp³-hybridized carbons (Fsp3) is 0. The number of nitrogens with zero attached hydrogens (tertiary/aromatic N) is 1. The van der Waals surface area contributed by atoms with E-state index in [2.05, 4.69) is 27.9 Å². The monoisotopic (exact) mass is 402 g/mol. The summed E-state index contributed by atoms with van der Waals surface area (Å²) in [6, 6.07) is 11.1. The van der Waals surface area contributed by atoms with Gasteiger partial charge in [-0.05, 0) is 52.9 Å². The number of rotatable bonds is 3. The maximum atomic E-state index is 12.0. The second-order valence-corrected chi connectivity index (χ2v) is 5.54. The first-order valence-electron chi connectivity index (χ1n) is 5.48. The van der Waals surface area contributed by atoms with Crippen molar-refractivity contribution in [3.05, 3.63) is 66.7 Å². The quantitative estimate of drug-likeness (QED) is 0.477. The molecule has 2 aromatic carbocycles. The smallest absolute Gasteiger partial charge is 0.288 e. The predicted molar refractivity (Wildman–Crippen MR) is 85.2 cm³/mol. The summed E-state index contributed by atoms with van der Waals surface area (Å²) in [6.07, 6.45) is 0. The summed E-state index contributed by atoms with van der Waals surface area (Å²) in [5.41, 5.74) is 0.717. The molecule has 0 saturated heterocycles. The number of benzene rings is 2. The van der Waals surface area contributed by atoms with Gasteiger partial charge >= 0.3 is 0 Å². The minimum Gasteiger partial charge on any atom is -0.322 e. The highest BCUT2D eigenvalue weighted by molar-refractivity contribution is 14.1. The van der Waals surface area contributed by atoms with Crippen molar-refractivity contribution in [3.63, 3.8) is 0 Å². The molecule has 5 nitrogen and oxygen atoms in total. The molecule has 0 bridgehead atoms. The maximum Gasteiger partial charge on any atom is 0.288 e. The number of halogens is 2. The molecule has 2 rings (SSSR count). The molecular weight excluding hydrogens is 395 g/mol. The Balaban J connectivity index is 2.20. The number of nitrogens with one attached hydrogen (secondary N) is 1. The van der Waals surface area contributed by atoms with E-state index in [1.54, 1.807) is 18.2 Å². The highest BCUT2D eigenvalue weighted by Crippen LogP contribution is 2.27. The fourth-order valence-corrected chi connectivity index (χ4v) is 2.36. The summed E-state index contributed by atoms with van der Waals surface area (Å²) < 4.78 is 0.942. The van der Waals surface area contributed by atoms with Gasteiger partial charge in [-0.1, -0.05) is 17.7 Å². The Hall–Kier alpha value is -1.67. The Labute approximate surface area is 133 Å². The van der Waals surface area contributed by atoms with E-state index in [0.29, 0.717) is 11.3 Å². The number of anilines is 1. The third-order valence-electron chi connectivity index (χ3n) is 2.49. The number of nitro groups is 1. The van der Waals surface area contributed by atoms with Crippen molar-refractivity contribution in [1.29, 1.82) is 0 Å². The van der Waals surface area contributed by atoms with Crippen LogP contribution in [0.4, 0.5) is 11.4 Å². The van der Waals surface area contributed by atoms with Crippen LogP contribution in [0.15, 0.2) is 42.5 Å². The van der Waals surface area contributed by atoms with E-state index in [-0.39, 0.29) is 16.6 Å². The summed E-state index contributed by atoms with van der Waals surface area (Å²) >= 11 is 7.90. The third kappa shape index (κ3) is 3.45. The standard InChI is InChI=1S/C13H8ClIN2O3/c14-11-7-10(4-5-12(11)17(19)20)16-13(18)8-2-1-3-9(15)6-8/h1-7H,(H,16,18). The zero-order valence-corrected chi connectivity index (χ0v) is 12.9. The molecule has 0 aliphatic heterocycles. The van der Waals surface area contributed by atoms with Gasteiger partial charge in [0.15, 0.2) is 0 Å². The zero-order chi connectivity index (χ0) is 14.7. The molecule has 0 aliphatic rings. The lowest BCUT2D eigenvalue weighted by Gasteiger charge is -2.06. The molecular formula is C13H8ClIN2O3. The van der Waals surface area contributed by atoms with E-state index in [4.69, 9.17) is 11.6 Å². The molecule has 0 aromatic heterocycles. The average molecular weight is 403 g/mol. The molecule has 1 amide bonds. The van der Waals surface area contributed by atoms with Gasteiger partial charge in [0.05, 0.1) is 4.92 Å². The molecule has 0 saturated carbocycles. The molecule has 0 atom stereocenters. The van der Waals surface area contributed by atoms with Crippen LogP contribution < -0.4 is 5.32 Å². The molecule has 0 spiro atoms. The lowest BCUT2D eigenvalue weighted by Crippen LogP contribution is -2.12. The van der Waals surface area contributed by atoms with Gasteiger partial charge in [0, 0.05) is 20.9 Å². The van der Waals surface area contributed by atoms with Crippen LogP contribution in [0.1, 0.15) is 10.4 Å². The van der Waals surface area contributed by atoms with Gasteiger partial charge in [-0.15, -0.1) is 0 Å². The number of amides is 1. The van der Waals surface area contributed by atoms with Crippen LogP contribution in [-0.2, 0) is 0 Å². The van der Waals surface area contributed by atoms with Crippen LogP contribution in [0.5, 0.6) is 0 Å². The summed E-state index contributed by atoms with van der Waals surface area (Å²) in [5.74, 6) is -0.298. The highest BCUT2D eigenvalue weighted by Gasteiger charge is 2.13. The van der Waals surface area contributed by atoms with E-state index in [0.717, 1.165) is 3.57 Å². The normalized spacial score (nSPS) is 10.1. The van der Waals surface area contributed by atoms with E-state index < -0.39 is 4.92 Å². The third-order valence-corrected chi connectivity index (χ3v) is 3.46. The van der Waals surface area contributed by atoms with Gasteiger partial charge in [-0.25, -0.2) is 0 Å². The van der Waals surface area contributed by atoms with Crippen molar-refractivity contribution in [2.45, 2.75) is 0 Å². The topological polar surface area (TPSA) is 72.2 Å². The first-order valence-corrected chi connectivity index (χ1v) is 6.94. The van der Waals surface area contributed by atoms with Gasteiger partial charge in [-0.2, -0.15) is 0 Å². The van der Waals surface area contributed by atoms with Crippen molar-refractivity contribution in [1.82, 2.24) is 0 Å². The van der Waals surface area contributed by atoms with Crippen LogP contribution in [-0.4, -0.2) is 10.8 Å². The second-order valence-electron chi connectivity index (χ2n) is 3.89. The van der Waals surface area contributed by atoms with Crippen LogP contribution in [0.2, 0.25) is 5.02 Å². The van der Waals surface area contributed by atoms with Gasteiger partial charge < -0.3 is 5.32 Å². The summed E-state index contributed by atoms with van der Waals surface area (Å²) in [5, 5.41) is 13.3. The molecule has 2 aromatic rings. The van der Waals surface area contributed by atoms with Crippen molar-refractivity contribution < 1.29 is 9.72 Å². The van der Waals surface area contributed by atoms with Crippen molar-refractivity contribution in [2.24, 2.45) is 0 Å². The summed E-state index contributed by atoms with van der Waals surface area (Å²) in [4.78, 5) is 22.1. The Morgan fingerprint density at radius 3 is 2.60 bits per heavy atom. The number of hydrogen-bond donors (Lipinski definition) is 1. The first-order chi connectivity index (χ1) is 9.47. The van der Waals surface area contributed by atoms with Gasteiger partial charge in [0.25, 0.3) is 11.6 Å². The van der Waals surface area contributed by atoms with Crippen molar-refractivity contribution in [3.8, 4) is 0 Å². The number of carbonyl (C=O) groups is 1. The largest absolute Gasteiger partial charge is 0.322 e. The molecule has 102 valence electrons. The Bertz CT molecular complexity index is 691. The molecule has 1 N–H and O–H groups in total. The lowest BCUT2D eigenvalue weighted by molar-refractivity contribution is -0.384. The van der Waals surface area contributed by atoms with Gasteiger partial charge in [0.1, 0.15) is 5.02 Å². The number of hydrogen-bond acceptors (Lipinski definition) is 3. The minimum atomic E-state index is -0.576. The van der Waals surface area contributed by atoms with E-state index in [1.807, 2.05) is 6.07 Å². The first kappa shape index (κ1) is 14.7. The SMILES string of the molecule is O=C(Nc1ccc([N+](=O)[O-])c(Cl)c1)c1cccc(I)c1. The van der Waals surface area contributed by atoms with Gasteiger partial charge in [0.2, 0.25) is 0 Å². The molecule has 0 unspecified atom stereocenters. The predicted octanol–water partition coefficient (Wildman–Crippen LogP) is 4.11. The average Bonchev–Trinajstić information content (AvgIpc) is 2.38. The lowest BCUT2D eigenvalue weighted by atomic mass is 10.2. The summed E-state index contributed by atoms with van der Waals surface area (Å²) in [7, 11) is 0. The molecule has 7 heteroatoms. The zero-order valence-electron chi connectivity index (χ0n) is 9.97. The molecule has 0 heterocycles. The Morgan fingerprint density at radius 2 is 2.00 bits per heavy atom. The minimum absolute atomic E-state index is 0.0181. The Kier molecular flexibility index (Phi) is 4.56.